The molecule has 1 saturated heterocycles. The van der Waals surface area contributed by atoms with Crippen LogP contribution in [0.2, 0.25) is 0 Å². The number of hydrogen-bond donors (Lipinski definition) is 1. The monoisotopic (exact) mass is 439 g/mol. The largest absolute Gasteiger partial charge is 0.351 e. The van der Waals surface area contributed by atoms with E-state index in [1.807, 2.05) is 43.5 Å². The lowest BCUT2D eigenvalue weighted by molar-refractivity contribution is -0.122. The number of rotatable bonds is 6. The lowest BCUT2D eigenvalue weighted by Gasteiger charge is -2.20. The Morgan fingerprint density at radius 1 is 1.32 bits per heavy atom. The molecule has 0 unspecified atom stereocenters. The first-order chi connectivity index (χ1) is 14.7. The van der Waals surface area contributed by atoms with E-state index in [-0.39, 0.29) is 11.4 Å². The number of amides is 1. The van der Waals surface area contributed by atoms with E-state index in [0.29, 0.717) is 18.8 Å². The van der Waals surface area contributed by atoms with E-state index in [4.69, 9.17) is 10.1 Å². The maximum absolute atomic E-state index is 12.3. The molecule has 7 heteroatoms. The van der Waals surface area contributed by atoms with Gasteiger partial charge in [-0.25, -0.2) is 9.50 Å². The van der Waals surface area contributed by atoms with Crippen molar-refractivity contribution >= 4 is 22.9 Å². The lowest BCUT2D eigenvalue weighted by atomic mass is 10.0. The van der Waals surface area contributed by atoms with Gasteiger partial charge >= 0.3 is 0 Å². The molecule has 0 saturated carbocycles. The summed E-state index contributed by atoms with van der Waals surface area (Å²) in [6.07, 6.45) is 2.27. The molecule has 1 atom stereocenters. The van der Waals surface area contributed by atoms with Crippen molar-refractivity contribution in [3.8, 4) is 0 Å². The van der Waals surface area contributed by atoms with E-state index < -0.39 is 0 Å². The van der Waals surface area contributed by atoms with Gasteiger partial charge in [-0.3, -0.25) is 9.69 Å². The van der Waals surface area contributed by atoms with Gasteiger partial charge in [-0.1, -0.05) is 6.07 Å². The molecule has 166 valence electrons. The van der Waals surface area contributed by atoms with Crippen LogP contribution in [-0.2, 0) is 17.8 Å². The highest BCUT2D eigenvalue weighted by molar-refractivity contribution is 7.09. The minimum absolute atomic E-state index is 0.0735. The lowest BCUT2D eigenvalue weighted by Crippen LogP contribution is -2.40. The van der Waals surface area contributed by atoms with Crippen LogP contribution in [0.5, 0.6) is 0 Å². The number of aryl methyl sites for hydroxylation is 2. The Balaban J connectivity index is 1.48. The van der Waals surface area contributed by atoms with Crippen LogP contribution in [0.1, 0.15) is 67.1 Å². The summed E-state index contributed by atoms with van der Waals surface area (Å²) in [5.74, 6) is 0.520. The van der Waals surface area contributed by atoms with E-state index in [1.165, 1.54) is 4.88 Å². The molecule has 0 radical (unpaired) electrons. The Kier molecular flexibility index (Phi) is 6.17. The Labute approximate surface area is 188 Å². The molecule has 4 heterocycles. The number of nitrogens with one attached hydrogen (secondary N) is 1. The smallest absolute Gasteiger partial charge is 0.220 e. The van der Waals surface area contributed by atoms with Gasteiger partial charge in [-0.15, -0.1) is 11.3 Å². The second-order valence-electron chi connectivity index (χ2n) is 9.70. The Bertz CT molecular complexity index is 1060. The van der Waals surface area contributed by atoms with Crippen molar-refractivity contribution in [3.05, 3.63) is 51.1 Å². The second kappa shape index (κ2) is 8.71. The third kappa shape index (κ3) is 5.15. The number of thiophene rings is 1. The minimum atomic E-state index is -0.209. The summed E-state index contributed by atoms with van der Waals surface area (Å²) < 4.78 is 1.97. The van der Waals surface area contributed by atoms with Gasteiger partial charge in [0.15, 0.2) is 5.65 Å². The minimum Gasteiger partial charge on any atom is -0.351 e. The van der Waals surface area contributed by atoms with E-state index in [0.717, 1.165) is 54.3 Å². The van der Waals surface area contributed by atoms with Gasteiger partial charge in [0.05, 0.1) is 5.69 Å². The quantitative estimate of drug-likeness (QED) is 0.624. The molecule has 6 nitrogen and oxygen atoms in total. The molecule has 1 aliphatic heterocycles. The van der Waals surface area contributed by atoms with E-state index in [9.17, 15) is 4.79 Å². The van der Waals surface area contributed by atoms with Crippen LogP contribution in [0.25, 0.3) is 5.65 Å². The summed E-state index contributed by atoms with van der Waals surface area (Å²) in [4.78, 5) is 21.0. The van der Waals surface area contributed by atoms with Crippen LogP contribution in [0, 0.1) is 13.8 Å². The average molecular weight is 440 g/mol. The normalized spacial score (nSPS) is 17.5. The van der Waals surface area contributed by atoms with Crippen molar-refractivity contribution in [1.29, 1.82) is 0 Å². The van der Waals surface area contributed by atoms with Gasteiger partial charge in [0.1, 0.15) is 0 Å². The Morgan fingerprint density at radius 2 is 2.13 bits per heavy atom. The zero-order valence-corrected chi connectivity index (χ0v) is 20.1. The molecule has 1 fully saturated rings. The van der Waals surface area contributed by atoms with Crippen molar-refractivity contribution in [1.82, 2.24) is 24.8 Å². The summed E-state index contributed by atoms with van der Waals surface area (Å²) in [5.41, 5.74) is 5.03. The van der Waals surface area contributed by atoms with E-state index in [2.05, 4.69) is 40.7 Å². The molecule has 0 spiro atoms. The van der Waals surface area contributed by atoms with Crippen LogP contribution in [0.15, 0.2) is 23.6 Å². The molecule has 4 rings (SSSR count). The first kappa shape index (κ1) is 22.0. The van der Waals surface area contributed by atoms with Gasteiger partial charge in [0.2, 0.25) is 5.91 Å². The van der Waals surface area contributed by atoms with Gasteiger partial charge in [0, 0.05) is 53.3 Å². The number of fused-ring (bicyclic) bond motifs is 1. The molecule has 3 aromatic heterocycles. The molecule has 0 aromatic carbocycles. The topological polar surface area (TPSA) is 62.5 Å². The van der Waals surface area contributed by atoms with Gasteiger partial charge in [-0.2, -0.15) is 5.10 Å². The predicted molar refractivity (Wildman–Crippen MR) is 126 cm³/mol. The number of aromatic nitrogens is 3. The number of nitrogens with zero attached hydrogens (tertiary/aromatic N) is 4. The Morgan fingerprint density at radius 3 is 2.84 bits per heavy atom. The molecule has 1 aliphatic rings. The van der Waals surface area contributed by atoms with Crippen molar-refractivity contribution in [3.63, 3.8) is 0 Å². The number of likely N-dealkylation sites (tertiary alicyclic amines) is 1. The molecular weight excluding hydrogens is 406 g/mol. The third-order valence-electron chi connectivity index (χ3n) is 5.95. The highest BCUT2D eigenvalue weighted by Gasteiger charge is 2.27. The number of hydrogen-bond acceptors (Lipinski definition) is 5. The molecular formula is C24H33N5OS. The van der Waals surface area contributed by atoms with Crippen molar-refractivity contribution in [2.75, 3.05) is 13.1 Å². The predicted octanol–water partition coefficient (Wildman–Crippen LogP) is 4.24. The maximum Gasteiger partial charge on any atom is 0.220 e. The maximum atomic E-state index is 12.3. The molecule has 0 aliphatic carbocycles. The van der Waals surface area contributed by atoms with Crippen molar-refractivity contribution < 1.29 is 4.79 Å². The first-order valence-electron chi connectivity index (χ1n) is 11.1. The molecule has 3 aromatic rings. The van der Waals surface area contributed by atoms with Crippen LogP contribution in [0.4, 0.5) is 0 Å². The van der Waals surface area contributed by atoms with Crippen LogP contribution >= 0.6 is 11.3 Å². The fourth-order valence-electron chi connectivity index (χ4n) is 4.47. The van der Waals surface area contributed by atoms with Gasteiger partial charge in [-0.05, 0) is 71.0 Å². The van der Waals surface area contributed by atoms with Gasteiger partial charge < -0.3 is 5.32 Å². The zero-order valence-electron chi connectivity index (χ0n) is 19.2. The van der Waals surface area contributed by atoms with Gasteiger partial charge in [0.25, 0.3) is 0 Å². The van der Waals surface area contributed by atoms with Crippen LogP contribution in [0.3, 0.4) is 0 Å². The summed E-state index contributed by atoms with van der Waals surface area (Å²) >= 11 is 1.83. The highest BCUT2D eigenvalue weighted by atomic mass is 32.1. The SMILES string of the molecule is Cc1nc2cc([C@H]3CCN(Cc4cccs4)C3)nn2c(C)c1CCC(=O)NC(C)(C)C. The fraction of sp³-hybridized carbons (Fsp3) is 0.542. The fourth-order valence-corrected chi connectivity index (χ4v) is 5.21. The number of carbonyl (C=O) groups is 1. The van der Waals surface area contributed by atoms with Crippen molar-refractivity contribution in [2.24, 2.45) is 0 Å². The summed E-state index contributed by atoms with van der Waals surface area (Å²) in [6, 6.07) is 6.48. The summed E-state index contributed by atoms with van der Waals surface area (Å²) in [5, 5.41) is 10.1. The van der Waals surface area contributed by atoms with Crippen LogP contribution < -0.4 is 5.32 Å². The van der Waals surface area contributed by atoms with E-state index >= 15 is 0 Å². The van der Waals surface area contributed by atoms with Crippen molar-refractivity contribution in [2.45, 2.75) is 71.9 Å². The molecule has 0 bridgehead atoms. The molecule has 1 amide bonds. The van der Waals surface area contributed by atoms with Crippen LogP contribution in [-0.4, -0.2) is 44.0 Å². The third-order valence-corrected chi connectivity index (χ3v) is 6.81. The summed E-state index contributed by atoms with van der Waals surface area (Å²) in [7, 11) is 0. The molecule has 1 N–H and O–H groups in total. The zero-order chi connectivity index (χ0) is 22.2. The second-order valence-corrected chi connectivity index (χ2v) is 10.7. The standard InChI is InChI=1S/C24H33N5OS/c1-16-20(8-9-23(30)26-24(3,4)5)17(2)29-22(25-16)13-21(27-29)18-10-11-28(14-18)15-19-7-6-12-31-19/h6-7,12-13,18H,8-11,14-15H2,1-5H3,(H,26,30)/t18-/m0/s1. The molecule has 31 heavy (non-hydrogen) atoms. The first-order valence-corrected chi connectivity index (χ1v) is 12.0. The highest BCUT2D eigenvalue weighted by Crippen LogP contribution is 2.29. The summed E-state index contributed by atoms with van der Waals surface area (Å²) in [6.45, 7) is 13.3. The van der Waals surface area contributed by atoms with E-state index in [1.54, 1.807) is 0 Å². The number of carbonyl (C=O) groups excluding carboxylic acids is 1. The Hall–Kier alpha value is -2.25. The average Bonchev–Trinajstić information content (AvgIpc) is 3.41.